The molecule has 20 heavy (non-hydrogen) atoms. The fourth-order valence-corrected chi connectivity index (χ4v) is 2.75. The maximum Gasteiger partial charge on any atom is 0.501 e. The number of alkyl halides is 3. The van der Waals surface area contributed by atoms with Crippen molar-refractivity contribution in [3.63, 3.8) is 0 Å². The van der Waals surface area contributed by atoms with E-state index in [-0.39, 0.29) is 5.69 Å². The molecule has 1 aromatic carbocycles. The number of hydrogen-bond acceptors (Lipinski definition) is 3. The number of benzene rings is 1. The van der Waals surface area contributed by atoms with Gasteiger partial charge in [0.25, 0.3) is 9.84 Å². The van der Waals surface area contributed by atoms with Crippen molar-refractivity contribution in [2.24, 2.45) is 5.92 Å². The van der Waals surface area contributed by atoms with Crippen molar-refractivity contribution in [3.05, 3.63) is 24.0 Å². The highest BCUT2D eigenvalue weighted by molar-refractivity contribution is 7.92. The molecule has 0 aromatic heterocycles. The van der Waals surface area contributed by atoms with Crippen LogP contribution in [0.5, 0.6) is 0 Å². The Morgan fingerprint density at radius 1 is 1.25 bits per heavy atom. The molecule has 1 saturated carbocycles. The van der Waals surface area contributed by atoms with Gasteiger partial charge in [0.05, 0.1) is 5.69 Å². The molecule has 0 atom stereocenters. The largest absolute Gasteiger partial charge is 0.501 e. The van der Waals surface area contributed by atoms with Crippen LogP contribution in [-0.2, 0) is 9.84 Å². The highest BCUT2D eigenvalue weighted by atomic mass is 32.2. The Bertz CT molecular complexity index is 594. The second-order valence-electron chi connectivity index (χ2n) is 4.75. The van der Waals surface area contributed by atoms with Gasteiger partial charge in [-0.1, -0.05) is 12.8 Å². The molecule has 0 saturated heterocycles. The minimum absolute atomic E-state index is 0.218. The van der Waals surface area contributed by atoms with Gasteiger partial charge in [-0.25, -0.2) is 12.8 Å². The molecule has 8 heteroatoms. The highest BCUT2D eigenvalue weighted by Crippen LogP contribution is 2.36. The molecule has 1 aliphatic rings. The maximum atomic E-state index is 13.1. The Morgan fingerprint density at radius 3 is 2.45 bits per heavy atom. The Hall–Kier alpha value is -1.31. The second-order valence-corrected chi connectivity index (χ2v) is 6.66. The molecule has 0 radical (unpaired) electrons. The Kier molecular flexibility index (Phi) is 3.95. The minimum atomic E-state index is -5.57. The minimum Gasteiger partial charge on any atom is -0.384 e. The van der Waals surface area contributed by atoms with Crippen LogP contribution >= 0.6 is 0 Å². The van der Waals surface area contributed by atoms with Crippen LogP contribution < -0.4 is 5.32 Å². The van der Waals surface area contributed by atoms with Crippen LogP contribution in [-0.4, -0.2) is 20.5 Å². The van der Waals surface area contributed by atoms with E-state index in [1.165, 1.54) is 0 Å². The van der Waals surface area contributed by atoms with Gasteiger partial charge in [-0.2, -0.15) is 13.2 Å². The van der Waals surface area contributed by atoms with Gasteiger partial charge in [0.2, 0.25) is 0 Å². The lowest BCUT2D eigenvalue weighted by Gasteiger charge is -2.14. The summed E-state index contributed by atoms with van der Waals surface area (Å²) in [6.45, 7) is 0.358. The molecule has 0 bridgehead atoms. The fraction of sp³-hybridized carbons (Fsp3) is 0.500. The van der Waals surface area contributed by atoms with Crippen molar-refractivity contribution in [2.75, 3.05) is 11.9 Å². The molecule has 1 aliphatic carbocycles. The number of rotatable bonds is 5. The lowest BCUT2D eigenvalue weighted by molar-refractivity contribution is -0.0435. The summed E-state index contributed by atoms with van der Waals surface area (Å²) in [6.07, 6.45) is 2.92. The zero-order valence-corrected chi connectivity index (χ0v) is 11.2. The molecular formula is C12H13F4NO2S. The molecule has 1 N–H and O–H groups in total. The van der Waals surface area contributed by atoms with E-state index in [1.54, 1.807) is 0 Å². The third kappa shape index (κ3) is 3.23. The van der Waals surface area contributed by atoms with Crippen molar-refractivity contribution in [2.45, 2.75) is 29.7 Å². The standard InChI is InChI=1S/C12H13F4NO2S/c13-9-3-4-10(17-6-5-8-1-2-8)11(7-9)20(18,19)12(14,15)16/h3-4,7-8,17H,1-2,5-6H2. The van der Waals surface area contributed by atoms with E-state index < -0.39 is 26.1 Å². The van der Waals surface area contributed by atoms with Gasteiger partial charge in [-0.3, -0.25) is 0 Å². The molecule has 0 amide bonds. The summed E-state index contributed by atoms with van der Waals surface area (Å²) in [5.41, 5.74) is -5.67. The molecule has 112 valence electrons. The first-order valence-electron chi connectivity index (χ1n) is 6.06. The Morgan fingerprint density at radius 2 is 1.90 bits per heavy atom. The van der Waals surface area contributed by atoms with E-state index in [1.807, 2.05) is 0 Å². The fourth-order valence-electron chi connectivity index (χ4n) is 1.81. The summed E-state index contributed by atoms with van der Waals surface area (Å²) in [5, 5.41) is 2.64. The average Bonchev–Trinajstić information content (AvgIpc) is 3.13. The highest BCUT2D eigenvalue weighted by Gasteiger charge is 2.48. The summed E-state index contributed by atoms with van der Waals surface area (Å²) in [5.74, 6) is -0.480. The molecule has 1 fully saturated rings. The average molecular weight is 311 g/mol. The molecule has 1 aromatic rings. The normalized spacial score (nSPS) is 16.2. The lowest BCUT2D eigenvalue weighted by Crippen LogP contribution is -2.24. The van der Waals surface area contributed by atoms with Gasteiger partial charge in [0.1, 0.15) is 10.7 Å². The van der Waals surface area contributed by atoms with Crippen LogP contribution in [0.25, 0.3) is 0 Å². The van der Waals surface area contributed by atoms with E-state index in [4.69, 9.17) is 0 Å². The van der Waals surface area contributed by atoms with Gasteiger partial charge in [-0.05, 0) is 30.5 Å². The Balaban J connectivity index is 2.27. The van der Waals surface area contributed by atoms with E-state index in [2.05, 4.69) is 5.32 Å². The number of halogens is 4. The second kappa shape index (κ2) is 5.23. The van der Waals surface area contributed by atoms with E-state index >= 15 is 0 Å². The number of sulfone groups is 1. The molecule has 0 unspecified atom stereocenters. The van der Waals surface area contributed by atoms with Gasteiger partial charge in [0, 0.05) is 6.54 Å². The summed E-state index contributed by atoms with van der Waals surface area (Å²) >= 11 is 0. The molecule has 2 rings (SSSR count). The van der Waals surface area contributed by atoms with Crippen molar-refractivity contribution >= 4 is 15.5 Å². The van der Waals surface area contributed by atoms with Gasteiger partial charge >= 0.3 is 5.51 Å². The van der Waals surface area contributed by atoms with E-state index in [0.717, 1.165) is 31.4 Å². The lowest BCUT2D eigenvalue weighted by atomic mass is 10.2. The summed E-state index contributed by atoms with van der Waals surface area (Å²) in [4.78, 5) is -1.07. The molecule has 0 spiro atoms. The first-order valence-corrected chi connectivity index (χ1v) is 7.55. The molecule has 3 nitrogen and oxygen atoms in total. The zero-order chi connectivity index (χ0) is 15.0. The third-order valence-electron chi connectivity index (χ3n) is 3.10. The van der Waals surface area contributed by atoms with Crippen LogP contribution in [0, 0.1) is 11.7 Å². The predicted molar refractivity (Wildman–Crippen MR) is 65.5 cm³/mol. The maximum absolute atomic E-state index is 13.1. The monoisotopic (exact) mass is 311 g/mol. The zero-order valence-electron chi connectivity index (χ0n) is 10.4. The van der Waals surface area contributed by atoms with Crippen molar-refractivity contribution in [1.82, 2.24) is 0 Å². The van der Waals surface area contributed by atoms with Crippen LogP contribution in [0.4, 0.5) is 23.2 Å². The number of hydrogen-bond donors (Lipinski definition) is 1. The topological polar surface area (TPSA) is 46.2 Å². The quantitative estimate of drug-likeness (QED) is 0.848. The Labute approximate surface area is 113 Å². The third-order valence-corrected chi connectivity index (χ3v) is 4.63. The van der Waals surface area contributed by atoms with Crippen LogP contribution in [0.2, 0.25) is 0 Å². The first kappa shape index (κ1) is 15.1. The van der Waals surface area contributed by atoms with Gasteiger partial charge in [-0.15, -0.1) is 0 Å². The smallest absolute Gasteiger partial charge is 0.384 e. The van der Waals surface area contributed by atoms with Gasteiger partial charge in [0.15, 0.2) is 0 Å². The molecular weight excluding hydrogens is 298 g/mol. The summed E-state index contributed by atoms with van der Waals surface area (Å²) in [7, 11) is -5.57. The van der Waals surface area contributed by atoms with Crippen LogP contribution in [0.1, 0.15) is 19.3 Å². The van der Waals surface area contributed by atoms with Crippen molar-refractivity contribution < 1.29 is 26.0 Å². The van der Waals surface area contributed by atoms with Gasteiger partial charge < -0.3 is 5.32 Å². The summed E-state index contributed by atoms with van der Waals surface area (Å²) < 4.78 is 73.5. The number of nitrogens with one attached hydrogen (secondary N) is 1. The van der Waals surface area contributed by atoms with Crippen LogP contribution in [0.3, 0.4) is 0 Å². The number of anilines is 1. The first-order chi connectivity index (χ1) is 9.22. The predicted octanol–water partition coefficient (Wildman–Crippen LogP) is 3.33. The van der Waals surface area contributed by atoms with E-state index in [0.29, 0.717) is 18.5 Å². The van der Waals surface area contributed by atoms with Crippen molar-refractivity contribution in [3.8, 4) is 0 Å². The molecule has 0 heterocycles. The molecule has 0 aliphatic heterocycles. The van der Waals surface area contributed by atoms with Crippen LogP contribution in [0.15, 0.2) is 23.1 Å². The SMILES string of the molecule is O=S(=O)(c1cc(F)ccc1NCCC1CC1)C(F)(F)F. The van der Waals surface area contributed by atoms with Crippen molar-refractivity contribution in [1.29, 1.82) is 0 Å². The summed E-state index contributed by atoms with van der Waals surface area (Å²) in [6, 6.07) is 2.33. The van der Waals surface area contributed by atoms with E-state index in [9.17, 15) is 26.0 Å².